The van der Waals surface area contributed by atoms with E-state index in [1.165, 1.54) is 10.9 Å². The molecule has 0 saturated heterocycles. The van der Waals surface area contributed by atoms with Gasteiger partial charge in [0.05, 0.1) is 6.54 Å². The molecule has 1 amide bonds. The highest BCUT2D eigenvalue weighted by atomic mass is 35.5. The van der Waals surface area contributed by atoms with Gasteiger partial charge in [0.1, 0.15) is 5.88 Å². The maximum atomic E-state index is 11.6. The Bertz CT molecular complexity index is 915. The summed E-state index contributed by atoms with van der Waals surface area (Å²) in [7, 11) is 0. The van der Waals surface area contributed by atoms with Crippen LogP contribution in [0.4, 0.5) is 0 Å². The highest BCUT2D eigenvalue weighted by Gasteiger charge is 2.22. The number of nitrogens with zero attached hydrogens (tertiary/aromatic N) is 1. The monoisotopic (exact) mass is 370 g/mol. The van der Waals surface area contributed by atoms with Crippen molar-refractivity contribution in [3.63, 3.8) is 0 Å². The van der Waals surface area contributed by atoms with E-state index in [4.69, 9.17) is 21.1 Å². The van der Waals surface area contributed by atoms with E-state index in [9.17, 15) is 4.79 Å². The highest BCUT2D eigenvalue weighted by Crippen LogP contribution is 2.30. The number of amides is 1. The van der Waals surface area contributed by atoms with E-state index >= 15 is 0 Å². The number of carbonyl (C=O) groups excluding carboxylic acids is 1. The van der Waals surface area contributed by atoms with Crippen LogP contribution in [0.1, 0.15) is 11.3 Å². The molecule has 3 aromatic rings. The van der Waals surface area contributed by atoms with E-state index in [-0.39, 0.29) is 11.8 Å². The standard InChI is InChI=1S/C13H13ClN2O.C7H6O2/c14-7-13(17)16-6-5-10-9-3-1-2-4-11(9)15-12(10)8-16;1-2-4-7-6(3-1)8-5-9-7/h1-4,15H,5-8H2;1-4H,5H2. The van der Waals surface area contributed by atoms with Crippen molar-refractivity contribution in [1.29, 1.82) is 0 Å². The van der Waals surface area contributed by atoms with Crippen LogP contribution in [0.15, 0.2) is 48.5 Å². The number of hydrogen-bond acceptors (Lipinski definition) is 3. The van der Waals surface area contributed by atoms with Crippen molar-refractivity contribution in [3.8, 4) is 11.5 Å². The smallest absolute Gasteiger partial charge is 0.237 e. The fourth-order valence-corrected chi connectivity index (χ4v) is 3.50. The Labute approximate surface area is 156 Å². The molecule has 2 aliphatic rings. The Morgan fingerprint density at radius 2 is 1.77 bits per heavy atom. The van der Waals surface area contributed by atoms with Crippen molar-refractivity contribution >= 4 is 28.4 Å². The molecule has 0 radical (unpaired) electrons. The van der Waals surface area contributed by atoms with E-state index in [1.807, 2.05) is 41.3 Å². The van der Waals surface area contributed by atoms with Gasteiger partial charge < -0.3 is 19.4 Å². The predicted molar refractivity (Wildman–Crippen MR) is 101 cm³/mol. The van der Waals surface area contributed by atoms with Gasteiger partial charge in [0, 0.05) is 23.1 Å². The molecular weight excluding hydrogens is 352 g/mol. The molecule has 6 heteroatoms. The second kappa shape index (κ2) is 7.30. The number of H-pyrrole nitrogens is 1. The van der Waals surface area contributed by atoms with E-state index in [0.29, 0.717) is 13.3 Å². The van der Waals surface area contributed by atoms with E-state index in [2.05, 4.69) is 17.1 Å². The SMILES string of the molecule is O=C(CCl)N1CCc2c([nH]c3ccccc23)C1.c1ccc2c(c1)OCO2. The number of aromatic amines is 1. The summed E-state index contributed by atoms with van der Waals surface area (Å²) in [6, 6.07) is 15.9. The highest BCUT2D eigenvalue weighted by molar-refractivity contribution is 6.27. The normalized spacial score (nSPS) is 14.6. The number of para-hydroxylation sites is 3. The molecular formula is C20H19ClN2O3. The number of benzene rings is 2. The van der Waals surface area contributed by atoms with Crippen molar-refractivity contribution in [3.05, 3.63) is 59.8 Å². The first-order valence-electron chi connectivity index (χ1n) is 8.53. The molecule has 0 spiro atoms. The lowest BCUT2D eigenvalue weighted by atomic mass is 10.0. The molecule has 26 heavy (non-hydrogen) atoms. The van der Waals surface area contributed by atoms with Crippen LogP contribution >= 0.6 is 11.6 Å². The van der Waals surface area contributed by atoms with Crippen LogP contribution in [0.5, 0.6) is 11.5 Å². The molecule has 0 aliphatic carbocycles. The van der Waals surface area contributed by atoms with Crippen LogP contribution in [-0.2, 0) is 17.8 Å². The van der Waals surface area contributed by atoms with Crippen LogP contribution in [0.2, 0.25) is 0 Å². The van der Waals surface area contributed by atoms with Crippen molar-refractivity contribution in [2.45, 2.75) is 13.0 Å². The summed E-state index contributed by atoms with van der Waals surface area (Å²) >= 11 is 5.59. The number of rotatable bonds is 1. The zero-order valence-electron chi connectivity index (χ0n) is 14.2. The van der Waals surface area contributed by atoms with Gasteiger partial charge >= 0.3 is 0 Å². The Hall–Kier alpha value is -2.66. The Morgan fingerprint density at radius 1 is 1.08 bits per heavy atom. The van der Waals surface area contributed by atoms with E-state index in [0.717, 1.165) is 35.7 Å². The molecule has 0 unspecified atom stereocenters. The van der Waals surface area contributed by atoms with Gasteiger partial charge in [0.2, 0.25) is 12.7 Å². The zero-order chi connectivity index (χ0) is 17.9. The molecule has 0 atom stereocenters. The van der Waals surface area contributed by atoms with Crippen LogP contribution in [0.25, 0.3) is 10.9 Å². The molecule has 0 fully saturated rings. The first-order valence-corrected chi connectivity index (χ1v) is 9.06. The maximum absolute atomic E-state index is 11.6. The average Bonchev–Trinajstić information content (AvgIpc) is 3.31. The van der Waals surface area contributed by atoms with E-state index in [1.54, 1.807) is 0 Å². The molecule has 0 saturated carbocycles. The lowest BCUT2D eigenvalue weighted by molar-refractivity contribution is -0.129. The number of carbonyl (C=O) groups is 1. The van der Waals surface area contributed by atoms with Gasteiger partial charge in [0.15, 0.2) is 11.5 Å². The number of halogens is 1. The molecule has 1 N–H and O–H groups in total. The first-order chi connectivity index (χ1) is 12.8. The van der Waals surface area contributed by atoms with Gasteiger partial charge in [-0.1, -0.05) is 30.3 Å². The molecule has 134 valence electrons. The minimum Gasteiger partial charge on any atom is -0.454 e. The number of aromatic nitrogens is 1. The molecule has 1 aromatic heterocycles. The number of hydrogen-bond donors (Lipinski definition) is 1. The number of fused-ring (bicyclic) bond motifs is 4. The fraction of sp³-hybridized carbons (Fsp3) is 0.250. The summed E-state index contributed by atoms with van der Waals surface area (Å²) in [6.07, 6.45) is 0.905. The topological polar surface area (TPSA) is 54.6 Å². The lowest BCUT2D eigenvalue weighted by Gasteiger charge is -2.26. The summed E-state index contributed by atoms with van der Waals surface area (Å²) in [6.45, 7) is 1.77. The average molecular weight is 371 g/mol. The minimum atomic E-state index is 0.0102. The van der Waals surface area contributed by atoms with Crippen LogP contribution < -0.4 is 9.47 Å². The predicted octanol–water partition coefficient (Wildman–Crippen LogP) is 3.71. The summed E-state index contributed by atoms with van der Waals surface area (Å²) < 4.78 is 10.2. The van der Waals surface area contributed by atoms with Gasteiger partial charge in [-0.15, -0.1) is 11.6 Å². The third kappa shape index (κ3) is 3.22. The largest absolute Gasteiger partial charge is 0.454 e. The molecule has 3 heterocycles. The molecule has 0 bridgehead atoms. The van der Waals surface area contributed by atoms with Crippen LogP contribution in [0.3, 0.4) is 0 Å². The van der Waals surface area contributed by atoms with Crippen molar-refractivity contribution < 1.29 is 14.3 Å². The van der Waals surface area contributed by atoms with Gasteiger partial charge in [-0.3, -0.25) is 4.79 Å². The van der Waals surface area contributed by atoms with Gasteiger partial charge in [-0.05, 0) is 30.2 Å². The second-order valence-electron chi connectivity index (χ2n) is 6.18. The summed E-state index contributed by atoms with van der Waals surface area (Å²) in [5.74, 6) is 1.77. The summed E-state index contributed by atoms with van der Waals surface area (Å²) in [5.41, 5.74) is 3.65. The second-order valence-corrected chi connectivity index (χ2v) is 6.45. The number of nitrogens with one attached hydrogen (secondary N) is 1. The fourth-order valence-electron chi connectivity index (χ4n) is 3.34. The summed E-state index contributed by atoms with van der Waals surface area (Å²) in [5, 5.41) is 1.28. The molecule has 2 aromatic carbocycles. The van der Waals surface area contributed by atoms with Gasteiger partial charge in [-0.25, -0.2) is 0 Å². The molecule has 5 rings (SSSR count). The minimum absolute atomic E-state index is 0.0102. The Kier molecular flexibility index (Phi) is 4.71. The number of alkyl halides is 1. The van der Waals surface area contributed by atoms with E-state index < -0.39 is 0 Å². The maximum Gasteiger partial charge on any atom is 0.237 e. The Morgan fingerprint density at radius 3 is 2.50 bits per heavy atom. The van der Waals surface area contributed by atoms with Crippen LogP contribution in [0, 0.1) is 0 Å². The third-order valence-corrected chi connectivity index (χ3v) is 4.86. The van der Waals surface area contributed by atoms with Crippen LogP contribution in [-0.4, -0.2) is 35.0 Å². The third-order valence-electron chi connectivity index (χ3n) is 4.63. The van der Waals surface area contributed by atoms with Gasteiger partial charge in [-0.2, -0.15) is 0 Å². The Balaban J connectivity index is 0.000000157. The van der Waals surface area contributed by atoms with Crippen molar-refractivity contribution in [2.24, 2.45) is 0 Å². The van der Waals surface area contributed by atoms with Crippen molar-refractivity contribution in [1.82, 2.24) is 9.88 Å². The van der Waals surface area contributed by atoms with Crippen molar-refractivity contribution in [2.75, 3.05) is 19.2 Å². The number of ether oxygens (including phenoxy) is 2. The molecule has 5 nitrogen and oxygen atoms in total. The zero-order valence-corrected chi connectivity index (χ0v) is 15.0. The van der Waals surface area contributed by atoms with Gasteiger partial charge in [0.25, 0.3) is 0 Å². The quantitative estimate of drug-likeness (QED) is 0.664. The lowest BCUT2D eigenvalue weighted by Crippen LogP contribution is -2.36. The molecule has 2 aliphatic heterocycles. The summed E-state index contributed by atoms with van der Waals surface area (Å²) in [4.78, 5) is 16.8. The first kappa shape index (κ1) is 16.8.